The van der Waals surface area contributed by atoms with Crippen molar-refractivity contribution < 1.29 is 4.79 Å². The topological polar surface area (TPSA) is 50.5 Å². The van der Waals surface area contributed by atoms with Crippen molar-refractivity contribution in [3.63, 3.8) is 0 Å². The molecule has 0 saturated heterocycles. The smallest absolute Gasteiger partial charge is 0.259 e. The first kappa shape index (κ1) is 16.8. The molecule has 0 unspecified atom stereocenters. The second-order valence-electron chi connectivity index (χ2n) is 7.05. The van der Waals surface area contributed by atoms with Crippen LogP contribution in [0.2, 0.25) is 0 Å². The maximum absolute atomic E-state index is 13.1. The quantitative estimate of drug-likeness (QED) is 0.667. The summed E-state index contributed by atoms with van der Waals surface area (Å²) < 4.78 is 1.77. The van der Waals surface area contributed by atoms with Gasteiger partial charge in [-0.15, -0.1) is 0 Å². The number of carbonyl (C=O) groups excluding carboxylic acids is 1. The predicted molar refractivity (Wildman–Crippen MR) is 102 cm³/mol. The van der Waals surface area contributed by atoms with Crippen LogP contribution in [0.1, 0.15) is 48.9 Å². The zero-order valence-corrected chi connectivity index (χ0v) is 15.1. The number of benzene rings is 1. The second kappa shape index (κ2) is 7.28. The predicted octanol–water partition coefficient (Wildman–Crippen LogP) is 4.19. The molecule has 0 radical (unpaired) electrons. The molecule has 5 heteroatoms. The number of hydrogen-bond acceptors (Lipinski definition) is 3. The first-order valence-corrected chi connectivity index (χ1v) is 9.41. The summed E-state index contributed by atoms with van der Waals surface area (Å²) in [5.74, 6) is 0.0182. The highest BCUT2D eigenvalue weighted by Gasteiger charge is 2.25. The van der Waals surface area contributed by atoms with Crippen molar-refractivity contribution >= 4 is 11.6 Å². The van der Waals surface area contributed by atoms with Crippen molar-refractivity contribution in [3.8, 4) is 11.3 Å². The van der Waals surface area contributed by atoms with Crippen LogP contribution < -0.4 is 0 Å². The number of rotatable bonds is 3. The van der Waals surface area contributed by atoms with Gasteiger partial charge in [0.05, 0.1) is 11.9 Å². The minimum absolute atomic E-state index is 0.0182. The standard InChI is InChI=1S/C21H24N4O/c1-24(17-11-7-2-3-8-12-17)21(26)18-15-23-25-19(13-14-22-20(18)25)16-9-5-4-6-10-16/h4-6,9-10,13-15,17H,2-3,7-8,11-12H2,1H3. The molecule has 4 rings (SSSR count). The van der Waals surface area contributed by atoms with Crippen LogP contribution in [0.15, 0.2) is 48.8 Å². The molecule has 0 N–H and O–H groups in total. The minimum Gasteiger partial charge on any atom is -0.339 e. The number of carbonyl (C=O) groups is 1. The zero-order chi connectivity index (χ0) is 17.9. The number of hydrogen-bond donors (Lipinski definition) is 0. The molecular formula is C21H24N4O. The minimum atomic E-state index is 0.0182. The summed E-state index contributed by atoms with van der Waals surface area (Å²) in [6.07, 6.45) is 10.5. The maximum Gasteiger partial charge on any atom is 0.259 e. The van der Waals surface area contributed by atoms with Gasteiger partial charge in [-0.1, -0.05) is 56.0 Å². The molecule has 1 fully saturated rings. The van der Waals surface area contributed by atoms with Gasteiger partial charge in [0.25, 0.3) is 5.91 Å². The van der Waals surface area contributed by atoms with E-state index in [1.54, 1.807) is 16.9 Å². The highest BCUT2D eigenvalue weighted by atomic mass is 16.2. The molecule has 0 atom stereocenters. The van der Waals surface area contributed by atoms with Crippen molar-refractivity contribution in [3.05, 3.63) is 54.4 Å². The summed E-state index contributed by atoms with van der Waals surface area (Å²) in [6.45, 7) is 0. The summed E-state index contributed by atoms with van der Waals surface area (Å²) in [4.78, 5) is 19.5. The lowest BCUT2D eigenvalue weighted by Gasteiger charge is -2.26. The molecule has 26 heavy (non-hydrogen) atoms. The molecule has 1 amide bonds. The number of nitrogens with zero attached hydrogens (tertiary/aromatic N) is 4. The van der Waals surface area contributed by atoms with Crippen molar-refractivity contribution in [1.82, 2.24) is 19.5 Å². The molecule has 134 valence electrons. The Labute approximate surface area is 153 Å². The van der Waals surface area contributed by atoms with Gasteiger partial charge in [0.1, 0.15) is 5.56 Å². The first-order valence-electron chi connectivity index (χ1n) is 9.41. The largest absolute Gasteiger partial charge is 0.339 e. The van der Waals surface area contributed by atoms with E-state index in [1.807, 2.05) is 48.3 Å². The van der Waals surface area contributed by atoms with E-state index in [9.17, 15) is 4.79 Å². The van der Waals surface area contributed by atoms with Gasteiger partial charge in [-0.2, -0.15) is 5.10 Å². The Morgan fingerprint density at radius 2 is 1.81 bits per heavy atom. The molecule has 0 aliphatic heterocycles. The Hall–Kier alpha value is -2.69. The second-order valence-corrected chi connectivity index (χ2v) is 7.05. The third kappa shape index (κ3) is 3.09. The van der Waals surface area contributed by atoms with Crippen molar-refractivity contribution in [2.75, 3.05) is 7.05 Å². The molecular weight excluding hydrogens is 324 g/mol. The molecule has 5 nitrogen and oxygen atoms in total. The summed E-state index contributed by atoms with van der Waals surface area (Å²) in [5.41, 5.74) is 3.19. The molecule has 3 aromatic rings. The average Bonchev–Trinajstić information content (AvgIpc) is 2.93. The SMILES string of the molecule is CN(C(=O)c1cnn2c(-c3ccccc3)ccnc12)C1CCCCCC1. The van der Waals surface area contributed by atoms with E-state index in [0.717, 1.165) is 24.1 Å². The molecule has 0 bridgehead atoms. The Kier molecular flexibility index (Phi) is 4.69. The Morgan fingerprint density at radius 3 is 2.54 bits per heavy atom. The van der Waals surface area contributed by atoms with Gasteiger partial charge < -0.3 is 4.90 Å². The number of fused-ring (bicyclic) bond motifs is 1. The van der Waals surface area contributed by atoms with Crippen molar-refractivity contribution in [2.45, 2.75) is 44.6 Å². The molecule has 1 aliphatic rings. The summed E-state index contributed by atoms with van der Waals surface area (Å²) in [5, 5.41) is 4.47. The fraction of sp³-hybridized carbons (Fsp3) is 0.381. The van der Waals surface area contributed by atoms with Crippen molar-refractivity contribution in [1.29, 1.82) is 0 Å². The van der Waals surface area contributed by atoms with Gasteiger partial charge in [-0.25, -0.2) is 9.50 Å². The third-order valence-electron chi connectivity index (χ3n) is 5.39. The maximum atomic E-state index is 13.1. The van der Waals surface area contributed by atoms with Gasteiger partial charge in [-0.05, 0) is 18.9 Å². The third-order valence-corrected chi connectivity index (χ3v) is 5.39. The normalized spacial score (nSPS) is 15.7. The van der Waals surface area contributed by atoms with Crippen LogP contribution in [-0.2, 0) is 0 Å². The Bertz CT molecular complexity index is 895. The summed E-state index contributed by atoms with van der Waals surface area (Å²) in [7, 11) is 1.92. The summed E-state index contributed by atoms with van der Waals surface area (Å²) >= 11 is 0. The molecule has 2 aromatic heterocycles. The van der Waals surface area contributed by atoms with Crippen LogP contribution in [0.4, 0.5) is 0 Å². The van der Waals surface area contributed by atoms with E-state index in [0.29, 0.717) is 17.3 Å². The van der Waals surface area contributed by atoms with Crippen molar-refractivity contribution in [2.24, 2.45) is 0 Å². The highest BCUT2D eigenvalue weighted by Crippen LogP contribution is 2.24. The Balaban J connectivity index is 1.68. The van der Waals surface area contributed by atoms with E-state index in [4.69, 9.17) is 0 Å². The van der Waals surface area contributed by atoms with Crippen LogP contribution in [0.5, 0.6) is 0 Å². The lowest BCUT2D eigenvalue weighted by atomic mass is 10.1. The van der Waals surface area contributed by atoms with Gasteiger partial charge in [0.2, 0.25) is 0 Å². The van der Waals surface area contributed by atoms with E-state index in [-0.39, 0.29) is 5.91 Å². The van der Waals surface area contributed by atoms with Crippen LogP contribution in [0.3, 0.4) is 0 Å². The van der Waals surface area contributed by atoms with Gasteiger partial charge >= 0.3 is 0 Å². The fourth-order valence-electron chi connectivity index (χ4n) is 3.87. The van der Waals surface area contributed by atoms with Crippen LogP contribution in [0, 0.1) is 0 Å². The van der Waals surface area contributed by atoms with E-state index < -0.39 is 0 Å². The Morgan fingerprint density at radius 1 is 1.08 bits per heavy atom. The van der Waals surface area contributed by atoms with Gasteiger partial charge in [0, 0.05) is 24.8 Å². The average molecular weight is 348 g/mol. The van der Waals surface area contributed by atoms with Crippen LogP contribution >= 0.6 is 0 Å². The summed E-state index contributed by atoms with van der Waals surface area (Å²) in [6, 6.07) is 12.3. The van der Waals surface area contributed by atoms with E-state index in [1.165, 1.54) is 25.7 Å². The van der Waals surface area contributed by atoms with Crippen LogP contribution in [0.25, 0.3) is 16.9 Å². The first-order chi connectivity index (χ1) is 12.8. The molecule has 2 heterocycles. The molecule has 1 saturated carbocycles. The fourth-order valence-corrected chi connectivity index (χ4v) is 3.87. The van der Waals surface area contributed by atoms with Gasteiger partial charge in [-0.3, -0.25) is 4.79 Å². The van der Waals surface area contributed by atoms with E-state index in [2.05, 4.69) is 10.1 Å². The lowest BCUT2D eigenvalue weighted by Crippen LogP contribution is -2.36. The van der Waals surface area contributed by atoms with Crippen LogP contribution in [-0.4, -0.2) is 38.5 Å². The molecule has 1 aromatic carbocycles. The lowest BCUT2D eigenvalue weighted by molar-refractivity contribution is 0.0719. The number of amides is 1. The molecule has 0 spiro atoms. The van der Waals surface area contributed by atoms with Gasteiger partial charge in [0.15, 0.2) is 5.65 Å². The monoisotopic (exact) mass is 348 g/mol. The molecule has 1 aliphatic carbocycles. The van der Waals surface area contributed by atoms with E-state index >= 15 is 0 Å². The highest BCUT2D eigenvalue weighted by molar-refractivity contribution is 6.00. The zero-order valence-electron chi connectivity index (χ0n) is 15.1. The number of aromatic nitrogens is 3.